The average Bonchev–Trinajstić information content (AvgIpc) is 3.16. The van der Waals surface area contributed by atoms with E-state index < -0.39 is 5.97 Å². The fraction of sp³-hybridized carbons (Fsp3) is 0.150. The Morgan fingerprint density at radius 2 is 1.85 bits per heavy atom. The molecule has 0 fully saturated rings. The summed E-state index contributed by atoms with van der Waals surface area (Å²) in [6.07, 6.45) is 0.967. The van der Waals surface area contributed by atoms with Crippen molar-refractivity contribution in [3.8, 4) is 10.6 Å². The number of thiazole rings is 1. The van der Waals surface area contributed by atoms with Crippen LogP contribution in [0.25, 0.3) is 10.6 Å². The second-order valence-corrected chi connectivity index (χ2v) is 6.83. The minimum absolute atomic E-state index is 0.191. The molecule has 0 radical (unpaired) electrons. The third kappa shape index (κ3) is 4.18. The lowest BCUT2D eigenvalue weighted by Crippen LogP contribution is -2.14. The van der Waals surface area contributed by atoms with Gasteiger partial charge >= 0.3 is 5.97 Å². The molecule has 6 heteroatoms. The number of ether oxygens (including phenoxy) is 1. The number of hydrogen-bond donors (Lipinski definition) is 0. The van der Waals surface area contributed by atoms with E-state index in [0.29, 0.717) is 10.6 Å². The van der Waals surface area contributed by atoms with Crippen LogP contribution in [0.1, 0.15) is 33.3 Å². The van der Waals surface area contributed by atoms with Crippen LogP contribution in [0.15, 0.2) is 53.9 Å². The summed E-state index contributed by atoms with van der Waals surface area (Å²) in [5.74, 6) is -0.979. The van der Waals surface area contributed by atoms with Crippen LogP contribution in [0.5, 0.6) is 0 Å². The first kappa shape index (κ1) is 18.3. The first-order valence-corrected chi connectivity index (χ1v) is 9.34. The van der Waals surface area contributed by atoms with E-state index in [-0.39, 0.29) is 18.1 Å². The van der Waals surface area contributed by atoms with Gasteiger partial charge in [0.1, 0.15) is 5.01 Å². The Bertz CT molecular complexity index is 934. The van der Waals surface area contributed by atoms with Crippen LogP contribution in [0.3, 0.4) is 0 Å². The Morgan fingerprint density at radius 1 is 1.12 bits per heavy atom. The minimum atomic E-state index is -0.627. The van der Waals surface area contributed by atoms with Crippen LogP contribution in [-0.2, 0) is 11.2 Å². The number of benzene rings is 2. The monoisotopic (exact) mass is 385 g/mol. The molecule has 0 atom stereocenters. The summed E-state index contributed by atoms with van der Waals surface area (Å²) in [4.78, 5) is 28.6. The standard InChI is InChI=1S/C20H16ClNO3S/c1-2-13-7-9-14(10-8-13)19-22-17(12-26-19)20(24)25-11-18(23)15-5-3-4-6-16(15)21/h3-10,12H,2,11H2,1H3. The molecule has 0 spiro atoms. The van der Waals surface area contributed by atoms with Crippen LogP contribution in [0.4, 0.5) is 0 Å². The maximum atomic E-state index is 12.1. The molecule has 0 aliphatic rings. The lowest BCUT2D eigenvalue weighted by Gasteiger charge is -2.04. The van der Waals surface area contributed by atoms with Gasteiger partial charge in [0.25, 0.3) is 0 Å². The molecule has 0 bridgehead atoms. The van der Waals surface area contributed by atoms with Crippen molar-refractivity contribution in [1.82, 2.24) is 4.98 Å². The Labute approximate surface area is 160 Å². The quantitative estimate of drug-likeness (QED) is 0.439. The molecule has 26 heavy (non-hydrogen) atoms. The second-order valence-electron chi connectivity index (χ2n) is 5.57. The Kier molecular flexibility index (Phi) is 5.81. The number of hydrogen-bond acceptors (Lipinski definition) is 5. The average molecular weight is 386 g/mol. The highest BCUT2D eigenvalue weighted by atomic mass is 35.5. The van der Waals surface area contributed by atoms with Crippen molar-refractivity contribution >= 4 is 34.7 Å². The lowest BCUT2D eigenvalue weighted by atomic mass is 10.1. The van der Waals surface area contributed by atoms with E-state index >= 15 is 0 Å². The number of ketones is 1. The summed E-state index contributed by atoms with van der Waals surface area (Å²) < 4.78 is 5.08. The van der Waals surface area contributed by atoms with Crippen molar-refractivity contribution in [2.45, 2.75) is 13.3 Å². The molecule has 2 aromatic carbocycles. The van der Waals surface area contributed by atoms with Gasteiger partial charge in [0.2, 0.25) is 5.78 Å². The normalized spacial score (nSPS) is 10.5. The third-order valence-corrected chi connectivity index (χ3v) is 5.05. The van der Waals surface area contributed by atoms with Crippen LogP contribution < -0.4 is 0 Å². The number of carbonyl (C=O) groups is 2. The number of Topliss-reactive ketones (excluding diaryl/α,β-unsaturated/α-hetero) is 1. The summed E-state index contributed by atoms with van der Waals surface area (Å²) >= 11 is 7.33. The number of aromatic nitrogens is 1. The van der Waals surface area contributed by atoms with Crippen LogP contribution >= 0.6 is 22.9 Å². The van der Waals surface area contributed by atoms with Crippen molar-refractivity contribution in [3.05, 3.63) is 75.8 Å². The minimum Gasteiger partial charge on any atom is -0.453 e. The van der Waals surface area contributed by atoms with Gasteiger partial charge in [-0.1, -0.05) is 54.9 Å². The molecule has 0 saturated carbocycles. The Morgan fingerprint density at radius 3 is 2.54 bits per heavy atom. The molecule has 3 rings (SSSR count). The lowest BCUT2D eigenvalue weighted by molar-refractivity contribution is 0.0470. The van der Waals surface area contributed by atoms with Crippen molar-refractivity contribution in [2.24, 2.45) is 0 Å². The zero-order chi connectivity index (χ0) is 18.5. The van der Waals surface area contributed by atoms with Gasteiger partial charge in [0.15, 0.2) is 12.3 Å². The van der Waals surface area contributed by atoms with Crippen molar-refractivity contribution < 1.29 is 14.3 Å². The number of esters is 1. The molecule has 0 unspecified atom stereocenters. The largest absolute Gasteiger partial charge is 0.453 e. The third-order valence-electron chi connectivity index (χ3n) is 3.83. The summed E-state index contributed by atoms with van der Waals surface area (Å²) in [6, 6.07) is 14.7. The summed E-state index contributed by atoms with van der Waals surface area (Å²) in [6.45, 7) is 1.72. The zero-order valence-electron chi connectivity index (χ0n) is 14.1. The number of carbonyl (C=O) groups excluding carboxylic acids is 2. The van der Waals surface area contributed by atoms with Gasteiger partial charge in [0, 0.05) is 16.5 Å². The fourth-order valence-corrected chi connectivity index (χ4v) is 3.39. The van der Waals surface area contributed by atoms with E-state index in [1.165, 1.54) is 16.9 Å². The van der Waals surface area contributed by atoms with Gasteiger partial charge in [-0.2, -0.15) is 0 Å². The van der Waals surface area contributed by atoms with Gasteiger partial charge in [-0.15, -0.1) is 11.3 Å². The van der Waals surface area contributed by atoms with E-state index in [1.807, 2.05) is 24.3 Å². The van der Waals surface area contributed by atoms with E-state index in [9.17, 15) is 9.59 Å². The fourth-order valence-electron chi connectivity index (χ4n) is 2.35. The first-order valence-electron chi connectivity index (χ1n) is 8.08. The molecule has 0 aliphatic carbocycles. The maximum absolute atomic E-state index is 12.1. The summed E-state index contributed by atoms with van der Waals surface area (Å²) in [5, 5.41) is 2.70. The summed E-state index contributed by atoms with van der Waals surface area (Å²) in [5.41, 5.74) is 2.70. The number of aryl methyl sites for hydroxylation is 1. The van der Waals surface area contributed by atoms with Gasteiger partial charge in [-0.3, -0.25) is 4.79 Å². The van der Waals surface area contributed by atoms with Gasteiger partial charge in [0.05, 0.1) is 5.02 Å². The van der Waals surface area contributed by atoms with E-state index in [2.05, 4.69) is 11.9 Å². The number of halogens is 1. The van der Waals surface area contributed by atoms with Gasteiger partial charge in [-0.05, 0) is 24.1 Å². The van der Waals surface area contributed by atoms with E-state index in [1.54, 1.807) is 29.6 Å². The van der Waals surface area contributed by atoms with Crippen LogP contribution in [0, 0.1) is 0 Å². The second kappa shape index (κ2) is 8.25. The summed E-state index contributed by atoms with van der Waals surface area (Å²) in [7, 11) is 0. The molecule has 0 aliphatic heterocycles. The number of rotatable bonds is 6. The van der Waals surface area contributed by atoms with Gasteiger partial charge < -0.3 is 4.74 Å². The molecule has 4 nitrogen and oxygen atoms in total. The van der Waals surface area contributed by atoms with E-state index in [0.717, 1.165) is 17.0 Å². The highest BCUT2D eigenvalue weighted by Gasteiger charge is 2.16. The zero-order valence-corrected chi connectivity index (χ0v) is 15.6. The molecule has 1 heterocycles. The molecular weight excluding hydrogens is 370 g/mol. The maximum Gasteiger partial charge on any atom is 0.358 e. The van der Waals surface area contributed by atoms with Gasteiger partial charge in [-0.25, -0.2) is 9.78 Å². The molecule has 0 amide bonds. The van der Waals surface area contributed by atoms with Crippen molar-refractivity contribution in [2.75, 3.05) is 6.61 Å². The van der Waals surface area contributed by atoms with Crippen molar-refractivity contribution in [3.63, 3.8) is 0 Å². The Balaban J connectivity index is 1.64. The van der Waals surface area contributed by atoms with Crippen LogP contribution in [0.2, 0.25) is 5.02 Å². The first-order chi connectivity index (χ1) is 12.6. The topological polar surface area (TPSA) is 56.3 Å². The highest BCUT2D eigenvalue weighted by Crippen LogP contribution is 2.24. The molecule has 132 valence electrons. The SMILES string of the molecule is CCc1ccc(-c2nc(C(=O)OCC(=O)c3ccccc3Cl)cs2)cc1. The predicted octanol–water partition coefficient (Wildman–Crippen LogP) is 5.07. The molecule has 0 saturated heterocycles. The molecule has 1 aromatic heterocycles. The highest BCUT2D eigenvalue weighted by molar-refractivity contribution is 7.13. The Hall–Kier alpha value is -2.50. The number of nitrogens with zero attached hydrogens (tertiary/aromatic N) is 1. The van der Waals surface area contributed by atoms with Crippen molar-refractivity contribution in [1.29, 1.82) is 0 Å². The van der Waals surface area contributed by atoms with Crippen LogP contribution in [-0.4, -0.2) is 23.3 Å². The molecule has 3 aromatic rings. The molecule has 0 N–H and O–H groups in total. The van der Waals surface area contributed by atoms with E-state index in [4.69, 9.17) is 16.3 Å². The molecular formula is C20H16ClNO3S. The predicted molar refractivity (Wildman–Crippen MR) is 103 cm³/mol. The smallest absolute Gasteiger partial charge is 0.358 e.